The molecule has 8 heteroatoms. The summed E-state index contributed by atoms with van der Waals surface area (Å²) < 4.78 is 22.1. The zero-order valence-corrected chi connectivity index (χ0v) is 18.5. The Morgan fingerprint density at radius 2 is 2.04 bits per heavy atom. The molecule has 2 rings (SSSR count). The summed E-state index contributed by atoms with van der Waals surface area (Å²) in [6, 6.07) is 8.61. The van der Waals surface area contributed by atoms with Crippen molar-refractivity contribution in [3.63, 3.8) is 0 Å². The molecule has 0 aromatic heterocycles. The Labute approximate surface area is 166 Å². The highest BCUT2D eigenvalue weighted by Crippen LogP contribution is 2.40. The third-order valence-electron chi connectivity index (χ3n) is 4.81. The first-order valence-electron chi connectivity index (χ1n) is 8.49. The molecule has 0 aliphatic carbocycles. The lowest BCUT2D eigenvalue weighted by Gasteiger charge is -2.36. The van der Waals surface area contributed by atoms with Crippen molar-refractivity contribution in [3.8, 4) is 6.07 Å². The molecule has 1 aromatic carbocycles. The van der Waals surface area contributed by atoms with Gasteiger partial charge in [0.2, 0.25) is 0 Å². The largest absolute Gasteiger partial charge is 0.415 e. The van der Waals surface area contributed by atoms with E-state index < -0.39 is 8.32 Å². The maximum atomic E-state index is 13.9. The normalized spacial score (nSPS) is 18.9. The summed E-state index contributed by atoms with van der Waals surface area (Å²) in [4.78, 5) is 0. The van der Waals surface area contributed by atoms with Crippen molar-refractivity contribution in [2.24, 2.45) is 0 Å². The number of halogens is 1. The molecule has 1 aromatic rings. The van der Waals surface area contributed by atoms with E-state index in [1.54, 1.807) is 18.2 Å². The first kappa shape index (κ1) is 21.3. The van der Waals surface area contributed by atoms with E-state index in [0.29, 0.717) is 29.4 Å². The molecule has 142 valence electrons. The summed E-state index contributed by atoms with van der Waals surface area (Å²) in [5.41, 5.74) is 0.844. The van der Waals surface area contributed by atoms with Gasteiger partial charge in [-0.15, -0.1) is 0 Å². The molecule has 1 heterocycles. The van der Waals surface area contributed by atoms with E-state index in [2.05, 4.69) is 57.9 Å². The number of benzene rings is 1. The minimum absolute atomic E-state index is 0.152. The average molecular weight is 412 g/mol. The van der Waals surface area contributed by atoms with Crippen molar-refractivity contribution in [3.05, 3.63) is 40.7 Å². The van der Waals surface area contributed by atoms with Crippen molar-refractivity contribution in [1.29, 1.82) is 5.26 Å². The molecule has 1 aliphatic rings. The van der Waals surface area contributed by atoms with Crippen LogP contribution in [-0.4, -0.2) is 31.1 Å². The van der Waals surface area contributed by atoms with Crippen LogP contribution in [0.1, 0.15) is 20.8 Å². The number of para-hydroxylation sites is 1. The van der Waals surface area contributed by atoms with Crippen LogP contribution in [0.2, 0.25) is 18.1 Å². The summed E-state index contributed by atoms with van der Waals surface area (Å²) in [5.74, 6) is -0.353. The Balaban J connectivity index is 2.01. The minimum atomic E-state index is -1.81. The van der Waals surface area contributed by atoms with Gasteiger partial charge in [-0.25, -0.2) is 8.70 Å². The van der Waals surface area contributed by atoms with Gasteiger partial charge in [0.15, 0.2) is 8.32 Å². The van der Waals surface area contributed by atoms with Crippen LogP contribution in [0, 0.1) is 17.1 Å². The fraction of sp³-hybridized carbons (Fsp3) is 0.500. The van der Waals surface area contributed by atoms with E-state index in [4.69, 9.17) is 4.43 Å². The Morgan fingerprint density at radius 1 is 1.38 bits per heavy atom. The van der Waals surface area contributed by atoms with Crippen LogP contribution in [0.4, 0.5) is 10.1 Å². The van der Waals surface area contributed by atoms with Gasteiger partial charge in [0.05, 0.1) is 11.3 Å². The van der Waals surface area contributed by atoms with Crippen LogP contribution in [-0.2, 0) is 4.43 Å². The van der Waals surface area contributed by atoms with Crippen LogP contribution in [0.25, 0.3) is 0 Å². The number of anilines is 1. The fourth-order valence-corrected chi connectivity index (χ4v) is 4.72. The van der Waals surface area contributed by atoms with Crippen LogP contribution < -0.4 is 5.32 Å². The summed E-state index contributed by atoms with van der Waals surface area (Å²) in [6.07, 6.45) is 0. The summed E-state index contributed by atoms with van der Waals surface area (Å²) in [5, 5.41) is 12.9. The predicted octanol–water partition coefficient (Wildman–Crippen LogP) is 5.21. The van der Waals surface area contributed by atoms with E-state index >= 15 is 0 Å². The first-order valence-corrected chi connectivity index (χ1v) is 12.7. The quantitative estimate of drug-likeness (QED) is 0.382. The molecule has 4 nitrogen and oxygen atoms in total. The number of rotatable bonds is 6. The van der Waals surface area contributed by atoms with E-state index in [0.717, 1.165) is 0 Å². The van der Waals surface area contributed by atoms with Gasteiger partial charge in [-0.3, -0.25) is 0 Å². The molecule has 0 saturated heterocycles. The first-order chi connectivity index (χ1) is 12.1. The van der Waals surface area contributed by atoms with Crippen molar-refractivity contribution < 1.29 is 8.82 Å². The number of thiol groups is 1. The summed E-state index contributed by atoms with van der Waals surface area (Å²) in [6.45, 7) is 12.3. The van der Waals surface area contributed by atoms with Gasteiger partial charge in [0.25, 0.3) is 0 Å². The van der Waals surface area contributed by atoms with Crippen molar-refractivity contribution in [2.75, 3.05) is 18.5 Å². The molecule has 1 N–H and O–H groups in total. The van der Waals surface area contributed by atoms with Gasteiger partial charge in [-0.1, -0.05) is 32.9 Å². The molecule has 0 bridgehead atoms. The minimum Gasteiger partial charge on any atom is -0.415 e. The predicted molar refractivity (Wildman–Crippen MR) is 113 cm³/mol. The monoisotopic (exact) mass is 411 g/mol. The zero-order chi connectivity index (χ0) is 19.5. The SMILES string of the molecule is CC(C)(C)[Si](C)(C)OCCN1SC(Nc2ccccc2F)=C(C#N)C1S. The molecule has 1 unspecified atom stereocenters. The zero-order valence-electron chi connectivity index (χ0n) is 15.8. The Kier molecular flexibility index (Phi) is 6.85. The van der Waals surface area contributed by atoms with E-state index in [-0.39, 0.29) is 16.2 Å². The number of hydrogen-bond acceptors (Lipinski definition) is 6. The Morgan fingerprint density at radius 3 is 2.62 bits per heavy atom. The van der Waals surface area contributed by atoms with Gasteiger partial charge in [-0.05, 0) is 42.2 Å². The third kappa shape index (κ3) is 4.84. The molecule has 0 radical (unpaired) electrons. The second-order valence-corrected chi connectivity index (χ2v) is 14.0. The van der Waals surface area contributed by atoms with Crippen LogP contribution >= 0.6 is 24.6 Å². The molecular weight excluding hydrogens is 385 g/mol. The Bertz CT molecular complexity index is 728. The molecule has 0 amide bonds. The summed E-state index contributed by atoms with van der Waals surface area (Å²) >= 11 is 5.95. The Hall–Kier alpha value is -0.983. The molecular formula is C18H26FN3OS2Si. The molecule has 0 saturated carbocycles. The molecule has 0 spiro atoms. The second-order valence-electron chi connectivity index (χ2n) is 7.67. The average Bonchev–Trinajstić information content (AvgIpc) is 2.83. The lowest BCUT2D eigenvalue weighted by Crippen LogP contribution is -2.42. The van der Waals surface area contributed by atoms with Gasteiger partial charge < -0.3 is 9.74 Å². The molecule has 1 aliphatic heterocycles. The van der Waals surface area contributed by atoms with Gasteiger partial charge in [0, 0.05) is 13.2 Å². The molecule has 26 heavy (non-hydrogen) atoms. The summed E-state index contributed by atoms with van der Waals surface area (Å²) in [7, 11) is -1.81. The highest BCUT2D eigenvalue weighted by molar-refractivity contribution is 8.02. The number of nitrogens with one attached hydrogen (secondary N) is 1. The van der Waals surface area contributed by atoms with E-state index in [1.165, 1.54) is 18.0 Å². The van der Waals surface area contributed by atoms with Crippen LogP contribution in [0.3, 0.4) is 0 Å². The standard InChI is InChI=1S/C18H26FN3OS2Si/c1-18(2,3)26(4,5)23-11-10-22-17(24)13(12-20)16(25-22)21-15-9-7-6-8-14(15)19/h6-9,17,21,24H,10-11H2,1-5H3. The lowest BCUT2D eigenvalue weighted by molar-refractivity contribution is 0.262. The molecule has 1 atom stereocenters. The van der Waals surface area contributed by atoms with Gasteiger partial charge in [0.1, 0.15) is 22.3 Å². The van der Waals surface area contributed by atoms with Gasteiger partial charge >= 0.3 is 0 Å². The van der Waals surface area contributed by atoms with E-state index in [1.807, 2.05) is 4.31 Å². The lowest BCUT2D eigenvalue weighted by atomic mass is 10.2. The fourth-order valence-electron chi connectivity index (χ4n) is 2.14. The van der Waals surface area contributed by atoms with E-state index in [9.17, 15) is 9.65 Å². The highest BCUT2D eigenvalue weighted by atomic mass is 32.2. The maximum Gasteiger partial charge on any atom is 0.192 e. The van der Waals surface area contributed by atoms with Crippen LogP contribution in [0.15, 0.2) is 34.9 Å². The second kappa shape index (κ2) is 8.36. The van der Waals surface area contributed by atoms with Crippen molar-refractivity contribution >= 4 is 38.6 Å². The third-order valence-corrected chi connectivity index (χ3v) is 11.2. The number of nitrogens with zero attached hydrogens (tertiary/aromatic N) is 2. The van der Waals surface area contributed by atoms with Crippen LogP contribution in [0.5, 0.6) is 0 Å². The topological polar surface area (TPSA) is 48.3 Å². The molecule has 0 fully saturated rings. The maximum absolute atomic E-state index is 13.9. The number of nitriles is 1. The highest BCUT2D eigenvalue weighted by Gasteiger charge is 2.38. The van der Waals surface area contributed by atoms with Gasteiger partial charge in [-0.2, -0.15) is 17.9 Å². The van der Waals surface area contributed by atoms with Crippen molar-refractivity contribution in [1.82, 2.24) is 4.31 Å². The van der Waals surface area contributed by atoms with Crippen molar-refractivity contribution in [2.45, 2.75) is 44.3 Å². The number of hydrogen-bond donors (Lipinski definition) is 2. The smallest absolute Gasteiger partial charge is 0.192 e.